The van der Waals surface area contributed by atoms with E-state index in [2.05, 4.69) is 31.2 Å². The third-order valence-corrected chi connectivity index (χ3v) is 4.90. The highest BCUT2D eigenvalue weighted by atomic mass is 16.3. The van der Waals surface area contributed by atoms with Gasteiger partial charge in [0.1, 0.15) is 5.65 Å². The monoisotopic (exact) mass is 306 g/mol. The average molecular weight is 306 g/mol. The Morgan fingerprint density at radius 2 is 1.91 bits per heavy atom. The van der Waals surface area contributed by atoms with Crippen LogP contribution >= 0.6 is 0 Å². The van der Waals surface area contributed by atoms with Crippen LogP contribution in [0.3, 0.4) is 0 Å². The minimum Gasteiger partial charge on any atom is -0.387 e. The molecule has 118 valence electrons. The summed E-state index contributed by atoms with van der Waals surface area (Å²) in [5.41, 5.74) is 7.86. The van der Waals surface area contributed by atoms with Gasteiger partial charge in [-0.25, -0.2) is 4.98 Å². The van der Waals surface area contributed by atoms with Gasteiger partial charge in [-0.1, -0.05) is 18.2 Å². The molecule has 1 aromatic carbocycles. The van der Waals surface area contributed by atoms with Gasteiger partial charge >= 0.3 is 0 Å². The summed E-state index contributed by atoms with van der Waals surface area (Å²) in [6.45, 7) is 3.87. The fourth-order valence-electron chi connectivity index (χ4n) is 3.71. The Balaban J connectivity index is 1.95. The molecule has 1 aliphatic rings. The van der Waals surface area contributed by atoms with E-state index in [1.165, 1.54) is 30.4 Å². The summed E-state index contributed by atoms with van der Waals surface area (Å²) in [7, 11) is 0. The number of rotatable bonds is 2. The molecule has 1 unspecified atom stereocenters. The molecule has 0 radical (unpaired) electrons. The van der Waals surface area contributed by atoms with Gasteiger partial charge in [0.05, 0.1) is 17.5 Å². The summed E-state index contributed by atoms with van der Waals surface area (Å²) in [4.78, 5) is 4.86. The summed E-state index contributed by atoms with van der Waals surface area (Å²) >= 11 is 0. The van der Waals surface area contributed by atoms with Gasteiger partial charge in [0.25, 0.3) is 0 Å². The van der Waals surface area contributed by atoms with Crippen LogP contribution in [0, 0.1) is 6.92 Å². The molecule has 3 nitrogen and oxygen atoms in total. The molecule has 0 amide bonds. The molecule has 0 spiro atoms. The number of aliphatic hydroxyl groups is 1. The van der Waals surface area contributed by atoms with Crippen molar-refractivity contribution in [1.29, 1.82) is 0 Å². The van der Waals surface area contributed by atoms with Crippen LogP contribution in [0.2, 0.25) is 0 Å². The molecule has 0 bridgehead atoms. The van der Waals surface area contributed by atoms with Crippen molar-refractivity contribution in [2.24, 2.45) is 0 Å². The lowest BCUT2D eigenvalue weighted by atomic mass is 9.89. The van der Waals surface area contributed by atoms with Gasteiger partial charge in [-0.2, -0.15) is 0 Å². The summed E-state index contributed by atoms with van der Waals surface area (Å²) in [5, 5.41) is 10.3. The van der Waals surface area contributed by atoms with Gasteiger partial charge < -0.3 is 9.51 Å². The molecule has 2 heterocycles. The van der Waals surface area contributed by atoms with Crippen LogP contribution in [0.15, 0.2) is 36.5 Å². The number of imidazole rings is 1. The van der Waals surface area contributed by atoms with E-state index in [1.807, 2.05) is 23.6 Å². The molecule has 3 aromatic rings. The number of aryl methyl sites for hydroxylation is 3. The first-order valence-electron chi connectivity index (χ1n) is 8.43. The minimum atomic E-state index is -0.558. The highest BCUT2D eigenvalue weighted by molar-refractivity contribution is 5.69. The molecule has 4 rings (SSSR count). The zero-order valence-corrected chi connectivity index (χ0v) is 13.7. The lowest BCUT2D eigenvalue weighted by Crippen LogP contribution is -2.03. The van der Waals surface area contributed by atoms with Crippen molar-refractivity contribution in [3.05, 3.63) is 58.9 Å². The molecule has 1 N–H and O–H groups in total. The summed E-state index contributed by atoms with van der Waals surface area (Å²) in [5.74, 6) is 0. The smallest absolute Gasteiger partial charge is 0.140 e. The molecule has 23 heavy (non-hydrogen) atoms. The maximum Gasteiger partial charge on any atom is 0.140 e. The van der Waals surface area contributed by atoms with E-state index in [1.54, 1.807) is 0 Å². The highest BCUT2D eigenvalue weighted by Gasteiger charge is 2.20. The van der Waals surface area contributed by atoms with E-state index < -0.39 is 6.10 Å². The fraction of sp³-hybridized carbons (Fsp3) is 0.350. The first-order valence-corrected chi connectivity index (χ1v) is 8.43. The van der Waals surface area contributed by atoms with Crippen molar-refractivity contribution in [3.8, 4) is 11.3 Å². The molecule has 0 aliphatic heterocycles. The molecule has 1 aliphatic carbocycles. The van der Waals surface area contributed by atoms with E-state index in [4.69, 9.17) is 4.98 Å². The van der Waals surface area contributed by atoms with E-state index in [0.29, 0.717) is 0 Å². The predicted molar refractivity (Wildman–Crippen MR) is 92.6 cm³/mol. The van der Waals surface area contributed by atoms with Crippen molar-refractivity contribution in [2.75, 3.05) is 0 Å². The van der Waals surface area contributed by atoms with Crippen LogP contribution < -0.4 is 0 Å². The van der Waals surface area contributed by atoms with Crippen molar-refractivity contribution in [1.82, 2.24) is 9.38 Å². The number of nitrogens with zero attached hydrogens (tertiary/aromatic N) is 2. The largest absolute Gasteiger partial charge is 0.387 e. The van der Waals surface area contributed by atoms with Crippen molar-refractivity contribution in [2.45, 2.75) is 45.6 Å². The van der Waals surface area contributed by atoms with E-state index in [-0.39, 0.29) is 0 Å². The van der Waals surface area contributed by atoms with Crippen molar-refractivity contribution >= 4 is 5.65 Å². The standard InChI is InChI=1S/C20H22N2O/c1-13-6-5-11-22-19(14(2)23)18(21-20(13)22)17-10-9-15-7-3-4-8-16(15)12-17/h5-6,9-12,14,23H,3-4,7-8H2,1-2H3. The third kappa shape index (κ3) is 2.36. The molecule has 0 fully saturated rings. The van der Waals surface area contributed by atoms with E-state index >= 15 is 0 Å². The van der Waals surface area contributed by atoms with Gasteiger partial charge in [0.15, 0.2) is 0 Å². The fourth-order valence-corrected chi connectivity index (χ4v) is 3.71. The van der Waals surface area contributed by atoms with E-state index in [9.17, 15) is 5.11 Å². The molecule has 0 saturated heterocycles. The second-order valence-electron chi connectivity index (χ2n) is 6.60. The SMILES string of the molecule is Cc1cccn2c(C(C)O)c(-c3ccc4c(c3)CCCC4)nc12. The number of benzene rings is 1. The van der Waals surface area contributed by atoms with Crippen LogP contribution in [-0.2, 0) is 12.8 Å². The molecule has 2 aromatic heterocycles. The number of fused-ring (bicyclic) bond motifs is 2. The maximum absolute atomic E-state index is 10.3. The second kappa shape index (κ2) is 5.50. The van der Waals surface area contributed by atoms with Gasteiger partial charge in [0, 0.05) is 11.8 Å². The molecular weight excluding hydrogens is 284 g/mol. The minimum absolute atomic E-state index is 0.558. The van der Waals surface area contributed by atoms with Crippen LogP contribution in [0.4, 0.5) is 0 Å². The Labute approximate surface area is 136 Å². The van der Waals surface area contributed by atoms with Crippen LogP contribution in [-0.4, -0.2) is 14.5 Å². The second-order valence-corrected chi connectivity index (χ2v) is 6.60. The quantitative estimate of drug-likeness (QED) is 0.769. The van der Waals surface area contributed by atoms with Gasteiger partial charge in [-0.3, -0.25) is 0 Å². The first-order chi connectivity index (χ1) is 11.1. The topological polar surface area (TPSA) is 37.5 Å². The van der Waals surface area contributed by atoms with E-state index in [0.717, 1.165) is 34.6 Å². The Bertz CT molecular complexity index is 877. The van der Waals surface area contributed by atoms with Gasteiger partial charge in [-0.05, 0) is 68.4 Å². The lowest BCUT2D eigenvalue weighted by Gasteiger charge is -2.16. The Kier molecular flexibility index (Phi) is 3.46. The third-order valence-electron chi connectivity index (χ3n) is 4.90. The number of aromatic nitrogens is 2. The Morgan fingerprint density at radius 3 is 2.70 bits per heavy atom. The highest BCUT2D eigenvalue weighted by Crippen LogP contribution is 2.32. The maximum atomic E-state index is 10.3. The molecule has 3 heteroatoms. The first kappa shape index (κ1) is 14.5. The van der Waals surface area contributed by atoms with Crippen molar-refractivity contribution < 1.29 is 5.11 Å². The number of hydrogen-bond acceptors (Lipinski definition) is 2. The molecular formula is C20H22N2O. The number of hydrogen-bond donors (Lipinski definition) is 1. The predicted octanol–water partition coefficient (Wildman–Crippen LogP) is 4.24. The van der Waals surface area contributed by atoms with Crippen molar-refractivity contribution in [3.63, 3.8) is 0 Å². The Hall–Kier alpha value is -2.13. The normalized spacial score (nSPS) is 15.6. The summed E-state index contributed by atoms with van der Waals surface area (Å²) in [6, 6.07) is 10.7. The average Bonchev–Trinajstić information content (AvgIpc) is 2.95. The number of pyridine rings is 1. The van der Waals surface area contributed by atoms with Crippen LogP contribution in [0.5, 0.6) is 0 Å². The zero-order chi connectivity index (χ0) is 16.0. The Morgan fingerprint density at radius 1 is 1.13 bits per heavy atom. The van der Waals surface area contributed by atoms with Crippen LogP contribution in [0.25, 0.3) is 16.9 Å². The summed E-state index contributed by atoms with van der Waals surface area (Å²) < 4.78 is 2.02. The molecule has 1 atom stereocenters. The lowest BCUT2D eigenvalue weighted by molar-refractivity contribution is 0.194. The molecule has 0 saturated carbocycles. The van der Waals surface area contributed by atoms with Gasteiger partial charge in [-0.15, -0.1) is 0 Å². The van der Waals surface area contributed by atoms with Crippen LogP contribution in [0.1, 0.15) is 48.3 Å². The van der Waals surface area contributed by atoms with Gasteiger partial charge in [0.2, 0.25) is 0 Å². The zero-order valence-electron chi connectivity index (χ0n) is 13.7. The number of aliphatic hydroxyl groups excluding tert-OH is 1. The summed E-state index contributed by atoms with van der Waals surface area (Å²) in [6.07, 6.45) is 6.32.